The first kappa shape index (κ1) is 18.0. The van der Waals surface area contributed by atoms with Crippen LogP contribution in [0.5, 0.6) is 5.75 Å². The van der Waals surface area contributed by atoms with E-state index in [1.165, 1.54) is 4.90 Å². The molecule has 2 aromatic rings. The first-order valence-electron chi connectivity index (χ1n) is 8.92. The third-order valence-electron chi connectivity index (χ3n) is 4.56. The molecule has 26 heavy (non-hydrogen) atoms. The Labute approximate surface area is 153 Å². The number of carbonyl (C=O) groups excluding carboxylic acids is 1. The molecule has 2 aromatic carbocycles. The van der Waals surface area contributed by atoms with Crippen molar-refractivity contribution < 1.29 is 19.4 Å². The van der Waals surface area contributed by atoms with Gasteiger partial charge in [-0.1, -0.05) is 43.3 Å². The van der Waals surface area contributed by atoms with Crippen LogP contribution in [0.3, 0.4) is 0 Å². The quantitative estimate of drug-likeness (QED) is 0.866. The van der Waals surface area contributed by atoms with Crippen molar-refractivity contribution in [2.24, 2.45) is 0 Å². The van der Waals surface area contributed by atoms with E-state index in [-0.39, 0.29) is 12.3 Å². The zero-order chi connectivity index (χ0) is 18.5. The molecule has 5 heteroatoms. The number of carbonyl (C=O) groups is 2. The molecule has 3 rings (SSSR count). The summed E-state index contributed by atoms with van der Waals surface area (Å²) in [5.41, 5.74) is 2.53. The van der Waals surface area contributed by atoms with E-state index in [0.29, 0.717) is 25.1 Å². The third kappa shape index (κ3) is 3.87. The van der Waals surface area contributed by atoms with Gasteiger partial charge in [0.25, 0.3) is 0 Å². The molecule has 0 radical (unpaired) electrons. The molecule has 1 atom stereocenters. The number of amides is 1. The molecule has 0 spiro atoms. The SMILES string of the molecule is CCCOc1cccc(CC(=O)N2CCc3ccccc3C2C(=O)O)c1. The summed E-state index contributed by atoms with van der Waals surface area (Å²) in [6, 6.07) is 14.0. The Kier molecular flexibility index (Phi) is 5.56. The van der Waals surface area contributed by atoms with Crippen molar-refractivity contribution in [3.05, 3.63) is 65.2 Å². The van der Waals surface area contributed by atoms with Crippen molar-refractivity contribution in [1.29, 1.82) is 0 Å². The van der Waals surface area contributed by atoms with Crippen LogP contribution in [0.2, 0.25) is 0 Å². The van der Waals surface area contributed by atoms with E-state index in [9.17, 15) is 14.7 Å². The second-order valence-electron chi connectivity index (χ2n) is 6.45. The summed E-state index contributed by atoms with van der Waals surface area (Å²) in [6.45, 7) is 3.08. The lowest BCUT2D eigenvalue weighted by Crippen LogP contribution is -2.44. The van der Waals surface area contributed by atoms with Gasteiger partial charge in [0, 0.05) is 6.54 Å². The Morgan fingerprint density at radius 3 is 2.77 bits per heavy atom. The van der Waals surface area contributed by atoms with E-state index < -0.39 is 12.0 Å². The van der Waals surface area contributed by atoms with Crippen LogP contribution in [0.4, 0.5) is 0 Å². The summed E-state index contributed by atoms with van der Waals surface area (Å²) in [5.74, 6) is -0.444. The number of carboxylic acids is 1. The predicted molar refractivity (Wildman–Crippen MR) is 98.2 cm³/mol. The van der Waals surface area contributed by atoms with Gasteiger partial charge in [-0.2, -0.15) is 0 Å². The first-order chi connectivity index (χ1) is 12.6. The maximum absolute atomic E-state index is 12.8. The predicted octanol–water partition coefficient (Wildman–Crippen LogP) is 3.23. The molecule has 0 aliphatic carbocycles. The molecule has 1 aliphatic heterocycles. The van der Waals surface area contributed by atoms with Crippen molar-refractivity contribution in [2.75, 3.05) is 13.2 Å². The summed E-state index contributed by atoms with van der Waals surface area (Å²) in [4.78, 5) is 26.2. The number of aliphatic carboxylic acids is 1. The fourth-order valence-electron chi connectivity index (χ4n) is 3.34. The fourth-order valence-corrected chi connectivity index (χ4v) is 3.34. The Morgan fingerprint density at radius 2 is 2.00 bits per heavy atom. The van der Waals surface area contributed by atoms with Crippen molar-refractivity contribution in [1.82, 2.24) is 4.90 Å². The number of rotatable bonds is 6. The van der Waals surface area contributed by atoms with Crippen molar-refractivity contribution in [3.63, 3.8) is 0 Å². The van der Waals surface area contributed by atoms with Gasteiger partial charge in [0.15, 0.2) is 6.04 Å². The Bertz CT molecular complexity index is 802. The van der Waals surface area contributed by atoms with Gasteiger partial charge < -0.3 is 14.7 Å². The maximum atomic E-state index is 12.8. The first-order valence-corrected chi connectivity index (χ1v) is 8.92. The Morgan fingerprint density at radius 1 is 1.19 bits per heavy atom. The van der Waals surface area contributed by atoms with Crippen molar-refractivity contribution in [2.45, 2.75) is 32.2 Å². The number of hydrogen-bond donors (Lipinski definition) is 1. The van der Waals surface area contributed by atoms with E-state index in [1.54, 1.807) is 6.07 Å². The van der Waals surface area contributed by atoms with Gasteiger partial charge in [0.1, 0.15) is 5.75 Å². The monoisotopic (exact) mass is 353 g/mol. The lowest BCUT2D eigenvalue weighted by atomic mass is 9.92. The molecule has 1 amide bonds. The third-order valence-corrected chi connectivity index (χ3v) is 4.56. The summed E-state index contributed by atoms with van der Waals surface area (Å²) < 4.78 is 5.61. The number of fused-ring (bicyclic) bond motifs is 1. The molecule has 0 saturated heterocycles. The van der Waals surface area contributed by atoms with E-state index in [0.717, 1.165) is 23.3 Å². The molecule has 1 unspecified atom stereocenters. The normalized spacial score (nSPS) is 16.0. The molecule has 0 aromatic heterocycles. The zero-order valence-corrected chi connectivity index (χ0v) is 14.9. The topological polar surface area (TPSA) is 66.8 Å². The van der Waals surface area contributed by atoms with Gasteiger partial charge in [0.2, 0.25) is 5.91 Å². The van der Waals surface area contributed by atoms with E-state index in [2.05, 4.69) is 0 Å². The summed E-state index contributed by atoms with van der Waals surface area (Å²) in [5, 5.41) is 9.70. The van der Waals surface area contributed by atoms with Crippen LogP contribution in [0.1, 0.15) is 36.1 Å². The number of ether oxygens (including phenoxy) is 1. The van der Waals surface area contributed by atoms with Gasteiger partial charge in [0.05, 0.1) is 13.0 Å². The minimum Gasteiger partial charge on any atom is -0.494 e. The molecule has 1 aliphatic rings. The Balaban J connectivity index is 1.78. The molecule has 0 fully saturated rings. The fraction of sp³-hybridized carbons (Fsp3) is 0.333. The zero-order valence-electron chi connectivity index (χ0n) is 14.9. The van der Waals surface area contributed by atoms with Gasteiger partial charge in [-0.25, -0.2) is 4.79 Å². The molecule has 5 nitrogen and oxygen atoms in total. The van der Waals surface area contributed by atoms with Crippen LogP contribution >= 0.6 is 0 Å². The van der Waals surface area contributed by atoms with Crippen LogP contribution in [0.15, 0.2) is 48.5 Å². The smallest absolute Gasteiger partial charge is 0.331 e. The number of hydrogen-bond acceptors (Lipinski definition) is 3. The van der Waals surface area contributed by atoms with Crippen LogP contribution in [0, 0.1) is 0 Å². The maximum Gasteiger partial charge on any atom is 0.331 e. The van der Waals surface area contributed by atoms with E-state index in [4.69, 9.17) is 4.74 Å². The second-order valence-corrected chi connectivity index (χ2v) is 6.45. The lowest BCUT2D eigenvalue weighted by Gasteiger charge is -2.34. The highest BCUT2D eigenvalue weighted by atomic mass is 16.5. The van der Waals surface area contributed by atoms with Crippen LogP contribution in [-0.4, -0.2) is 35.0 Å². The summed E-state index contributed by atoms with van der Waals surface area (Å²) >= 11 is 0. The summed E-state index contributed by atoms with van der Waals surface area (Å²) in [7, 11) is 0. The highest BCUT2D eigenvalue weighted by molar-refractivity contribution is 5.86. The number of nitrogens with zero attached hydrogens (tertiary/aromatic N) is 1. The molecule has 136 valence electrons. The minimum absolute atomic E-state index is 0.162. The molecule has 0 bridgehead atoms. The number of benzene rings is 2. The highest BCUT2D eigenvalue weighted by Gasteiger charge is 2.35. The minimum atomic E-state index is -0.995. The number of carboxylic acid groups (broad SMARTS) is 1. The van der Waals surface area contributed by atoms with Crippen molar-refractivity contribution in [3.8, 4) is 5.75 Å². The molecule has 1 heterocycles. The van der Waals surface area contributed by atoms with Crippen LogP contribution in [-0.2, 0) is 22.4 Å². The van der Waals surface area contributed by atoms with Gasteiger partial charge >= 0.3 is 5.97 Å². The second kappa shape index (κ2) is 8.04. The van der Waals surface area contributed by atoms with Gasteiger partial charge in [-0.15, -0.1) is 0 Å². The van der Waals surface area contributed by atoms with Gasteiger partial charge in [-0.3, -0.25) is 4.79 Å². The molecular weight excluding hydrogens is 330 g/mol. The standard InChI is InChI=1S/C21H23NO4/c1-2-12-26-17-8-5-6-15(13-17)14-19(23)22-11-10-16-7-3-4-9-18(16)20(22)21(24)25/h3-9,13,20H,2,10-12,14H2,1H3,(H,24,25). The highest BCUT2D eigenvalue weighted by Crippen LogP contribution is 2.30. The van der Waals surface area contributed by atoms with Crippen LogP contribution < -0.4 is 4.74 Å². The molecule has 0 saturated carbocycles. The molecule has 1 N–H and O–H groups in total. The largest absolute Gasteiger partial charge is 0.494 e. The van der Waals surface area contributed by atoms with E-state index >= 15 is 0 Å². The van der Waals surface area contributed by atoms with Gasteiger partial charge in [-0.05, 0) is 41.7 Å². The average molecular weight is 353 g/mol. The van der Waals surface area contributed by atoms with E-state index in [1.807, 2.05) is 49.4 Å². The average Bonchev–Trinajstić information content (AvgIpc) is 2.65. The lowest BCUT2D eigenvalue weighted by molar-refractivity contribution is -0.151. The Hall–Kier alpha value is -2.82. The molecular formula is C21H23NO4. The van der Waals surface area contributed by atoms with Crippen LogP contribution in [0.25, 0.3) is 0 Å². The summed E-state index contributed by atoms with van der Waals surface area (Å²) in [6.07, 6.45) is 1.75. The van der Waals surface area contributed by atoms with Crippen molar-refractivity contribution >= 4 is 11.9 Å².